The zero-order valence-corrected chi connectivity index (χ0v) is 12.5. The van der Waals surface area contributed by atoms with Gasteiger partial charge >= 0.3 is 0 Å². The van der Waals surface area contributed by atoms with Crippen LogP contribution in [0.2, 0.25) is 0 Å². The molecule has 0 aliphatic carbocycles. The van der Waals surface area contributed by atoms with Crippen molar-refractivity contribution in [1.82, 2.24) is 9.80 Å². The van der Waals surface area contributed by atoms with E-state index in [-0.39, 0.29) is 6.04 Å². The average Bonchev–Trinajstić information content (AvgIpc) is 2.78. The minimum atomic E-state index is 0.241. The second-order valence-corrected chi connectivity index (χ2v) is 6.27. The zero-order valence-electron chi connectivity index (χ0n) is 11.7. The van der Waals surface area contributed by atoms with Crippen molar-refractivity contribution in [3.05, 3.63) is 21.9 Å². The van der Waals surface area contributed by atoms with Gasteiger partial charge in [-0.15, -0.1) is 11.3 Å². The van der Waals surface area contributed by atoms with Gasteiger partial charge in [-0.05, 0) is 37.4 Å². The van der Waals surface area contributed by atoms with Crippen LogP contribution in [0, 0.1) is 6.92 Å². The molecule has 0 aromatic carbocycles. The first-order valence-electron chi connectivity index (χ1n) is 6.85. The normalized spacial score (nSPS) is 22.0. The molecule has 102 valence electrons. The Morgan fingerprint density at radius 1 is 1.33 bits per heavy atom. The lowest BCUT2D eigenvalue weighted by Crippen LogP contribution is -2.50. The average molecular weight is 267 g/mol. The van der Waals surface area contributed by atoms with Crippen LogP contribution in [0.4, 0.5) is 0 Å². The van der Waals surface area contributed by atoms with Crippen LogP contribution in [-0.4, -0.2) is 49.1 Å². The Labute approximate surface area is 115 Å². The summed E-state index contributed by atoms with van der Waals surface area (Å²) in [5.74, 6) is 0. The third-order valence-electron chi connectivity index (χ3n) is 3.98. The van der Waals surface area contributed by atoms with Crippen LogP contribution in [0.3, 0.4) is 0 Å². The van der Waals surface area contributed by atoms with E-state index >= 15 is 0 Å². The van der Waals surface area contributed by atoms with Gasteiger partial charge in [0.2, 0.25) is 0 Å². The lowest BCUT2D eigenvalue weighted by molar-refractivity contribution is 0.0983. The first-order chi connectivity index (χ1) is 8.63. The van der Waals surface area contributed by atoms with Gasteiger partial charge in [-0.3, -0.25) is 4.90 Å². The summed E-state index contributed by atoms with van der Waals surface area (Å²) >= 11 is 1.86. The first-order valence-corrected chi connectivity index (χ1v) is 7.73. The summed E-state index contributed by atoms with van der Waals surface area (Å²) in [5, 5.41) is 2.19. The number of thiophene rings is 1. The second kappa shape index (κ2) is 6.15. The molecule has 1 fully saturated rings. The fraction of sp³-hybridized carbons (Fsp3) is 0.714. The van der Waals surface area contributed by atoms with E-state index in [4.69, 9.17) is 5.73 Å². The summed E-state index contributed by atoms with van der Waals surface area (Å²) in [6.07, 6.45) is 1.04. The molecule has 2 rings (SSSR count). The monoisotopic (exact) mass is 267 g/mol. The Bertz CT molecular complexity index is 369. The van der Waals surface area contributed by atoms with Gasteiger partial charge in [-0.1, -0.05) is 6.92 Å². The first kappa shape index (κ1) is 14.0. The van der Waals surface area contributed by atoms with Crippen molar-refractivity contribution in [3.8, 4) is 0 Å². The predicted octanol–water partition coefficient (Wildman–Crippen LogP) is 2.08. The summed E-state index contributed by atoms with van der Waals surface area (Å²) in [4.78, 5) is 6.44. The van der Waals surface area contributed by atoms with Gasteiger partial charge < -0.3 is 10.6 Å². The van der Waals surface area contributed by atoms with Crippen molar-refractivity contribution in [1.29, 1.82) is 0 Å². The molecule has 2 atom stereocenters. The van der Waals surface area contributed by atoms with Gasteiger partial charge in [0.15, 0.2) is 0 Å². The van der Waals surface area contributed by atoms with Crippen LogP contribution in [-0.2, 0) is 0 Å². The SMILES string of the molecule is CCC(N)C(c1sccc1C)N1CCN(C)CC1. The number of nitrogens with two attached hydrogens (primary N) is 1. The van der Waals surface area contributed by atoms with E-state index in [1.54, 1.807) is 0 Å². The Morgan fingerprint density at radius 3 is 2.50 bits per heavy atom. The summed E-state index contributed by atoms with van der Waals surface area (Å²) in [6, 6.07) is 2.86. The van der Waals surface area contributed by atoms with E-state index in [0.717, 1.165) is 32.6 Å². The molecule has 2 heterocycles. The van der Waals surface area contributed by atoms with Crippen LogP contribution in [0.1, 0.15) is 29.8 Å². The van der Waals surface area contributed by atoms with Crippen molar-refractivity contribution in [2.45, 2.75) is 32.4 Å². The van der Waals surface area contributed by atoms with E-state index in [0.29, 0.717) is 6.04 Å². The zero-order chi connectivity index (χ0) is 13.1. The molecule has 0 bridgehead atoms. The minimum absolute atomic E-state index is 0.241. The number of rotatable bonds is 4. The van der Waals surface area contributed by atoms with Gasteiger partial charge in [0.05, 0.1) is 6.04 Å². The Kier molecular flexibility index (Phi) is 4.78. The molecule has 0 spiro atoms. The predicted molar refractivity (Wildman–Crippen MR) is 79.1 cm³/mol. The number of hydrogen-bond donors (Lipinski definition) is 1. The Morgan fingerprint density at radius 2 is 2.00 bits per heavy atom. The molecule has 4 heteroatoms. The third kappa shape index (κ3) is 2.94. The smallest absolute Gasteiger partial charge is 0.0596 e. The Balaban J connectivity index is 2.18. The van der Waals surface area contributed by atoms with Crippen molar-refractivity contribution in [2.24, 2.45) is 5.73 Å². The van der Waals surface area contributed by atoms with Gasteiger partial charge in [-0.2, -0.15) is 0 Å². The van der Waals surface area contributed by atoms with Gasteiger partial charge in [0, 0.05) is 37.1 Å². The van der Waals surface area contributed by atoms with E-state index in [1.165, 1.54) is 10.4 Å². The molecule has 1 aliphatic rings. The lowest BCUT2D eigenvalue weighted by atomic mass is 10.00. The maximum Gasteiger partial charge on any atom is 0.0596 e. The highest BCUT2D eigenvalue weighted by Crippen LogP contribution is 2.32. The van der Waals surface area contributed by atoms with Crippen molar-refractivity contribution >= 4 is 11.3 Å². The Hall–Kier alpha value is -0.420. The standard InChI is InChI=1S/C14H25N3S/c1-4-12(15)13(14-11(2)5-10-18-14)17-8-6-16(3)7-9-17/h5,10,12-13H,4,6-9,15H2,1-3H3. The van der Waals surface area contributed by atoms with E-state index in [1.807, 2.05) is 11.3 Å². The second-order valence-electron chi connectivity index (χ2n) is 5.32. The molecule has 1 saturated heterocycles. The number of hydrogen-bond acceptors (Lipinski definition) is 4. The van der Waals surface area contributed by atoms with Gasteiger partial charge in [0.25, 0.3) is 0 Å². The van der Waals surface area contributed by atoms with Gasteiger partial charge in [-0.25, -0.2) is 0 Å². The number of piperazine rings is 1. The fourth-order valence-corrected chi connectivity index (χ4v) is 3.78. The lowest BCUT2D eigenvalue weighted by Gasteiger charge is -2.40. The van der Waals surface area contributed by atoms with Crippen LogP contribution < -0.4 is 5.73 Å². The highest BCUT2D eigenvalue weighted by molar-refractivity contribution is 7.10. The summed E-state index contributed by atoms with van der Waals surface area (Å²) in [6.45, 7) is 8.96. The summed E-state index contributed by atoms with van der Waals surface area (Å²) < 4.78 is 0. The quantitative estimate of drug-likeness (QED) is 0.906. The number of aryl methyl sites for hydroxylation is 1. The van der Waals surface area contributed by atoms with Gasteiger partial charge in [0.1, 0.15) is 0 Å². The topological polar surface area (TPSA) is 32.5 Å². The minimum Gasteiger partial charge on any atom is -0.326 e. The molecule has 0 radical (unpaired) electrons. The summed E-state index contributed by atoms with van der Waals surface area (Å²) in [5.41, 5.74) is 7.79. The molecular weight excluding hydrogens is 242 g/mol. The molecule has 0 saturated carbocycles. The molecular formula is C14H25N3S. The van der Waals surface area contributed by atoms with Crippen molar-refractivity contribution in [2.75, 3.05) is 33.2 Å². The van der Waals surface area contributed by atoms with E-state index < -0.39 is 0 Å². The van der Waals surface area contributed by atoms with Crippen LogP contribution in [0.15, 0.2) is 11.4 Å². The highest BCUT2D eigenvalue weighted by Gasteiger charge is 2.29. The molecule has 2 N–H and O–H groups in total. The summed E-state index contributed by atoms with van der Waals surface area (Å²) in [7, 11) is 2.20. The maximum absolute atomic E-state index is 6.39. The van der Waals surface area contributed by atoms with E-state index in [2.05, 4.69) is 42.1 Å². The van der Waals surface area contributed by atoms with Crippen LogP contribution in [0.5, 0.6) is 0 Å². The molecule has 3 nitrogen and oxygen atoms in total. The highest BCUT2D eigenvalue weighted by atomic mass is 32.1. The van der Waals surface area contributed by atoms with Crippen LogP contribution >= 0.6 is 11.3 Å². The van der Waals surface area contributed by atoms with Crippen LogP contribution in [0.25, 0.3) is 0 Å². The molecule has 2 unspecified atom stereocenters. The molecule has 1 aromatic heterocycles. The molecule has 18 heavy (non-hydrogen) atoms. The van der Waals surface area contributed by atoms with Crippen molar-refractivity contribution in [3.63, 3.8) is 0 Å². The third-order valence-corrected chi connectivity index (χ3v) is 5.07. The van der Waals surface area contributed by atoms with E-state index in [9.17, 15) is 0 Å². The fourth-order valence-electron chi connectivity index (χ4n) is 2.64. The number of likely N-dealkylation sites (N-methyl/N-ethyl adjacent to an activating group) is 1. The van der Waals surface area contributed by atoms with Crippen molar-refractivity contribution < 1.29 is 0 Å². The maximum atomic E-state index is 6.39. The molecule has 0 amide bonds. The largest absolute Gasteiger partial charge is 0.326 e. The molecule has 1 aliphatic heterocycles. The molecule has 1 aromatic rings. The number of nitrogens with zero attached hydrogens (tertiary/aromatic N) is 2.